The molecule has 0 saturated carbocycles. The van der Waals surface area contributed by atoms with Crippen molar-refractivity contribution in [2.24, 2.45) is 0 Å². The van der Waals surface area contributed by atoms with Crippen molar-refractivity contribution in [3.8, 4) is 5.75 Å². The van der Waals surface area contributed by atoms with Gasteiger partial charge in [0, 0.05) is 10.0 Å². The van der Waals surface area contributed by atoms with Crippen molar-refractivity contribution < 1.29 is 27.8 Å². The van der Waals surface area contributed by atoms with Crippen LogP contribution in [0.5, 0.6) is 5.75 Å². The van der Waals surface area contributed by atoms with E-state index in [0.29, 0.717) is 10.0 Å². The molecule has 1 amide bonds. The average Bonchev–Trinajstić information content (AvgIpc) is 2.32. The lowest BCUT2D eigenvalue weighted by molar-refractivity contribution is -0.139. The Kier molecular flexibility index (Phi) is 5.82. The average molecular weight is 356 g/mol. The Balaban J connectivity index is 2.61. The summed E-state index contributed by atoms with van der Waals surface area (Å²) in [7, 11) is 0. The Morgan fingerprint density at radius 1 is 1.50 bits per heavy atom. The highest BCUT2D eigenvalue weighted by Gasteiger charge is 2.27. The van der Waals surface area contributed by atoms with E-state index >= 15 is 0 Å². The van der Waals surface area contributed by atoms with Crippen molar-refractivity contribution in [1.82, 2.24) is 5.32 Å². The standard InChI is InChI=1S/C12H13BrF3NO3/c1-7(18)9-3-2-8(13)4-10(9)20-5-11(19)17-6-12(14,15)16/h2-4,7,18H,5-6H2,1H3,(H,17,19)/t7-/m0/s1. The first-order chi connectivity index (χ1) is 9.19. The first-order valence-corrected chi connectivity index (χ1v) is 6.42. The molecule has 1 atom stereocenters. The fourth-order valence-electron chi connectivity index (χ4n) is 1.37. The van der Waals surface area contributed by atoms with Crippen LogP contribution in [0.1, 0.15) is 18.6 Å². The van der Waals surface area contributed by atoms with E-state index in [1.165, 1.54) is 13.0 Å². The third-order valence-corrected chi connectivity index (χ3v) is 2.76. The van der Waals surface area contributed by atoms with Crippen LogP contribution in [0.4, 0.5) is 13.2 Å². The number of amides is 1. The summed E-state index contributed by atoms with van der Waals surface area (Å²) < 4.78 is 41.5. The number of hydrogen-bond donors (Lipinski definition) is 2. The lowest BCUT2D eigenvalue weighted by atomic mass is 10.1. The Bertz CT molecular complexity index is 478. The molecule has 2 N–H and O–H groups in total. The lowest BCUT2D eigenvalue weighted by Gasteiger charge is -2.14. The van der Waals surface area contributed by atoms with Crippen LogP contribution in [0, 0.1) is 0 Å². The van der Waals surface area contributed by atoms with Crippen LogP contribution in [0.2, 0.25) is 0 Å². The largest absolute Gasteiger partial charge is 0.483 e. The topological polar surface area (TPSA) is 58.6 Å². The molecule has 0 saturated heterocycles. The zero-order valence-electron chi connectivity index (χ0n) is 10.5. The maximum atomic E-state index is 11.9. The van der Waals surface area contributed by atoms with E-state index in [0.717, 1.165) is 0 Å². The number of carbonyl (C=O) groups excluding carboxylic acids is 1. The molecular weight excluding hydrogens is 343 g/mol. The summed E-state index contributed by atoms with van der Waals surface area (Å²) >= 11 is 3.20. The maximum absolute atomic E-state index is 11.9. The summed E-state index contributed by atoms with van der Waals surface area (Å²) in [4.78, 5) is 11.2. The molecule has 0 aliphatic carbocycles. The summed E-state index contributed by atoms with van der Waals surface area (Å²) in [5.41, 5.74) is 0.442. The van der Waals surface area contributed by atoms with Gasteiger partial charge in [-0.05, 0) is 19.1 Å². The minimum Gasteiger partial charge on any atom is -0.483 e. The van der Waals surface area contributed by atoms with Crippen molar-refractivity contribution >= 4 is 21.8 Å². The van der Waals surface area contributed by atoms with Crippen molar-refractivity contribution in [3.63, 3.8) is 0 Å². The molecule has 0 aliphatic rings. The van der Waals surface area contributed by atoms with Gasteiger partial charge >= 0.3 is 6.18 Å². The highest BCUT2D eigenvalue weighted by molar-refractivity contribution is 9.10. The minimum atomic E-state index is -4.46. The van der Waals surface area contributed by atoms with Gasteiger partial charge in [-0.15, -0.1) is 0 Å². The number of rotatable bonds is 5. The molecule has 4 nitrogen and oxygen atoms in total. The van der Waals surface area contributed by atoms with Crippen LogP contribution < -0.4 is 10.1 Å². The van der Waals surface area contributed by atoms with Crippen LogP contribution in [0.3, 0.4) is 0 Å². The maximum Gasteiger partial charge on any atom is 0.405 e. The number of alkyl halides is 3. The number of aliphatic hydroxyl groups is 1. The van der Waals surface area contributed by atoms with E-state index < -0.39 is 31.3 Å². The molecule has 1 rings (SSSR count). The van der Waals surface area contributed by atoms with Gasteiger partial charge in [0.05, 0.1) is 6.10 Å². The van der Waals surface area contributed by atoms with Crippen molar-refractivity contribution in [2.75, 3.05) is 13.2 Å². The van der Waals surface area contributed by atoms with Gasteiger partial charge < -0.3 is 15.2 Å². The van der Waals surface area contributed by atoms with E-state index in [9.17, 15) is 23.1 Å². The molecule has 0 spiro atoms. The molecule has 0 bridgehead atoms. The van der Waals surface area contributed by atoms with E-state index in [1.807, 2.05) is 0 Å². The quantitative estimate of drug-likeness (QED) is 0.853. The van der Waals surface area contributed by atoms with Gasteiger partial charge in [0.2, 0.25) is 0 Å². The van der Waals surface area contributed by atoms with E-state index in [-0.39, 0.29) is 5.75 Å². The van der Waals surface area contributed by atoms with Crippen LogP contribution in [-0.4, -0.2) is 30.3 Å². The summed E-state index contributed by atoms with van der Waals surface area (Å²) in [6.07, 6.45) is -5.28. The minimum absolute atomic E-state index is 0.233. The molecule has 0 heterocycles. The number of ether oxygens (including phenoxy) is 1. The molecule has 0 radical (unpaired) electrons. The SMILES string of the molecule is C[C@H](O)c1ccc(Br)cc1OCC(=O)NCC(F)(F)F. The number of hydrogen-bond acceptors (Lipinski definition) is 3. The Morgan fingerprint density at radius 3 is 2.70 bits per heavy atom. The Morgan fingerprint density at radius 2 is 2.15 bits per heavy atom. The van der Waals surface area contributed by atoms with Crippen LogP contribution in [0.25, 0.3) is 0 Å². The van der Waals surface area contributed by atoms with Crippen molar-refractivity contribution in [1.29, 1.82) is 0 Å². The predicted octanol–water partition coefficient (Wildman–Crippen LogP) is 2.56. The molecule has 8 heteroatoms. The third kappa shape index (κ3) is 5.79. The molecule has 0 aliphatic heterocycles. The highest BCUT2D eigenvalue weighted by Crippen LogP contribution is 2.28. The smallest absolute Gasteiger partial charge is 0.405 e. The predicted molar refractivity (Wildman–Crippen MR) is 69.3 cm³/mol. The summed E-state index contributed by atoms with van der Waals surface area (Å²) in [5.74, 6) is -0.657. The Labute approximate surface area is 122 Å². The normalized spacial score (nSPS) is 12.9. The van der Waals surface area contributed by atoms with E-state index in [4.69, 9.17) is 4.74 Å². The molecule has 0 unspecified atom stereocenters. The van der Waals surface area contributed by atoms with Gasteiger partial charge in [0.1, 0.15) is 12.3 Å². The van der Waals surface area contributed by atoms with Crippen molar-refractivity contribution in [3.05, 3.63) is 28.2 Å². The second kappa shape index (κ2) is 6.94. The van der Waals surface area contributed by atoms with Gasteiger partial charge in [0.25, 0.3) is 5.91 Å². The summed E-state index contributed by atoms with van der Waals surface area (Å²) in [5, 5.41) is 11.2. The first kappa shape index (κ1) is 16.8. The molecule has 0 fully saturated rings. The van der Waals surface area contributed by atoms with Gasteiger partial charge in [0.15, 0.2) is 6.61 Å². The number of benzene rings is 1. The Hall–Kier alpha value is -1.28. The van der Waals surface area contributed by atoms with Gasteiger partial charge in [-0.25, -0.2) is 0 Å². The molecule has 20 heavy (non-hydrogen) atoms. The van der Waals surface area contributed by atoms with Crippen LogP contribution in [-0.2, 0) is 4.79 Å². The van der Waals surface area contributed by atoms with Gasteiger partial charge in [-0.2, -0.15) is 13.2 Å². The van der Waals surface area contributed by atoms with E-state index in [1.54, 1.807) is 17.4 Å². The monoisotopic (exact) mass is 355 g/mol. The number of halogens is 4. The van der Waals surface area contributed by atoms with Crippen LogP contribution in [0.15, 0.2) is 22.7 Å². The van der Waals surface area contributed by atoms with Crippen LogP contribution >= 0.6 is 15.9 Å². The zero-order valence-corrected chi connectivity index (χ0v) is 12.1. The number of nitrogens with one attached hydrogen (secondary N) is 1. The summed E-state index contributed by atoms with van der Waals surface area (Å²) in [6, 6.07) is 4.80. The van der Waals surface area contributed by atoms with Gasteiger partial charge in [-0.3, -0.25) is 4.79 Å². The lowest BCUT2D eigenvalue weighted by Crippen LogP contribution is -2.36. The molecule has 112 valence electrons. The van der Waals surface area contributed by atoms with Crippen molar-refractivity contribution in [2.45, 2.75) is 19.2 Å². The summed E-state index contributed by atoms with van der Waals surface area (Å²) in [6.45, 7) is -0.455. The third-order valence-electron chi connectivity index (χ3n) is 2.27. The van der Waals surface area contributed by atoms with E-state index in [2.05, 4.69) is 15.9 Å². The fraction of sp³-hybridized carbons (Fsp3) is 0.417. The number of carbonyl (C=O) groups is 1. The fourth-order valence-corrected chi connectivity index (χ4v) is 1.71. The molecule has 1 aromatic rings. The molecule has 1 aromatic carbocycles. The molecular formula is C12H13BrF3NO3. The number of aliphatic hydroxyl groups excluding tert-OH is 1. The van der Waals surface area contributed by atoms with Gasteiger partial charge in [-0.1, -0.05) is 22.0 Å². The highest BCUT2D eigenvalue weighted by atomic mass is 79.9. The second-order valence-corrected chi connectivity index (χ2v) is 4.95. The first-order valence-electron chi connectivity index (χ1n) is 5.63. The molecule has 0 aromatic heterocycles. The zero-order chi connectivity index (χ0) is 15.3. The second-order valence-electron chi connectivity index (χ2n) is 4.04.